The van der Waals surface area contributed by atoms with Crippen LogP contribution in [0.25, 0.3) is 0 Å². The van der Waals surface area contributed by atoms with Crippen molar-refractivity contribution in [1.82, 2.24) is 10.2 Å². The highest BCUT2D eigenvalue weighted by molar-refractivity contribution is 5.69. The maximum absolute atomic E-state index is 10.9. The molecule has 1 unspecified atom stereocenters. The van der Waals surface area contributed by atoms with Crippen molar-refractivity contribution < 1.29 is 14.6 Å². The fourth-order valence-electron chi connectivity index (χ4n) is 2.04. The van der Waals surface area contributed by atoms with E-state index in [0.717, 1.165) is 6.54 Å². The van der Waals surface area contributed by atoms with Crippen LogP contribution in [-0.2, 0) is 11.3 Å². The van der Waals surface area contributed by atoms with E-state index < -0.39 is 0 Å². The number of cyclic esters (lactones) is 1. The number of carbonyl (C=O) groups is 1. The first-order chi connectivity index (χ1) is 8.78. The second kappa shape index (κ2) is 6.37. The van der Waals surface area contributed by atoms with Crippen LogP contribution in [0.2, 0.25) is 0 Å². The van der Waals surface area contributed by atoms with Crippen molar-refractivity contribution in [1.29, 1.82) is 0 Å². The van der Waals surface area contributed by atoms with E-state index in [2.05, 4.69) is 10.2 Å². The first kappa shape index (κ1) is 12.9. The lowest BCUT2D eigenvalue weighted by Crippen LogP contribution is -2.35. The second-order valence-electron chi connectivity index (χ2n) is 4.35. The molecule has 5 nitrogen and oxygen atoms in total. The highest BCUT2D eigenvalue weighted by Crippen LogP contribution is 2.08. The smallest absolute Gasteiger partial charge is 0.407 e. The van der Waals surface area contributed by atoms with Gasteiger partial charge in [0.15, 0.2) is 0 Å². The molecule has 98 valence electrons. The Labute approximate surface area is 106 Å². The minimum Gasteiger partial charge on any atom is -0.443 e. The van der Waals surface area contributed by atoms with Gasteiger partial charge in [0.05, 0.1) is 13.2 Å². The molecule has 1 atom stereocenters. The van der Waals surface area contributed by atoms with Crippen molar-refractivity contribution in [2.24, 2.45) is 0 Å². The molecule has 0 bridgehead atoms. The number of amides is 1. The number of nitrogens with one attached hydrogen (secondary N) is 1. The zero-order valence-electron chi connectivity index (χ0n) is 10.2. The van der Waals surface area contributed by atoms with Crippen molar-refractivity contribution in [3.8, 4) is 0 Å². The molecule has 2 rings (SSSR count). The number of rotatable bonds is 6. The van der Waals surface area contributed by atoms with Crippen molar-refractivity contribution >= 4 is 6.09 Å². The van der Waals surface area contributed by atoms with Crippen LogP contribution < -0.4 is 5.32 Å². The summed E-state index contributed by atoms with van der Waals surface area (Å²) in [7, 11) is 0. The molecule has 18 heavy (non-hydrogen) atoms. The van der Waals surface area contributed by atoms with Crippen LogP contribution in [0.3, 0.4) is 0 Å². The zero-order chi connectivity index (χ0) is 12.8. The van der Waals surface area contributed by atoms with Crippen LogP contribution in [0.15, 0.2) is 30.3 Å². The predicted octanol–water partition coefficient (Wildman–Crippen LogP) is 0.589. The summed E-state index contributed by atoms with van der Waals surface area (Å²) in [6, 6.07) is 10.0. The van der Waals surface area contributed by atoms with Crippen molar-refractivity contribution in [2.45, 2.75) is 12.6 Å². The number of hydrogen-bond donors (Lipinski definition) is 2. The maximum Gasteiger partial charge on any atom is 0.407 e. The monoisotopic (exact) mass is 250 g/mol. The third-order valence-corrected chi connectivity index (χ3v) is 2.87. The predicted molar refractivity (Wildman–Crippen MR) is 67.1 cm³/mol. The SMILES string of the molecule is O=C1NCC(CN(CCO)Cc2ccccc2)O1. The molecule has 1 fully saturated rings. The summed E-state index contributed by atoms with van der Waals surface area (Å²) in [6.07, 6.45) is -0.489. The Morgan fingerprint density at radius 2 is 2.17 bits per heavy atom. The molecule has 0 aromatic heterocycles. The van der Waals surface area contributed by atoms with Crippen LogP contribution in [0.4, 0.5) is 4.79 Å². The molecule has 1 aliphatic heterocycles. The van der Waals surface area contributed by atoms with Gasteiger partial charge in [0.25, 0.3) is 0 Å². The van der Waals surface area contributed by atoms with Gasteiger partial charge in [-0.3, -0.25) is 4.90 Å². The fourth-order valence-corrected chi connectivity index (χ4v) is 2.04. The van der Waals surface area contributed by atoms with Crippen LogP contribution in [0, 0.1) is 0 Å². The Bertz CT molecular complexity index is 383. The van der Waals surface area contributed by atoms with Gasteiger partial charge < -0.3 is 15.2 Å². The third-order valence-electron chi connectivity index (χ3n) is 2.87. The summed E-state index contributed by atoms with van der Waals surface area (Å²) in [5.41, 5.74) is 1.18. The largest absolute Gasteiger partial charge is 0.443 e. The normalized spacial score (nSPS) is 18.8. The molecule has 1 aromatic carbocycles. The highest BCUT2D eigenvalue weighted by Gasteiger charge is 2.24. The van der Waals surface area contributed by atoms with E-state index in [0.29, 0.717) is 19.6 Å². The van der Waals surface area contributed by atoms with E-state index in [4.69, 9.17) is 9.84 Å². The number of alkyl carbamates (subject to hydrolysis) is 1. The summed E-state index contributed by atoms with van der Waals surface area (Å²) in [4.78, 5) is 13.0. The topological polar surface area (TPSA) is 61.8 Å². The van der Waals surface area contributed by atoms with E-state index in [9.17, 15) is 4.79 Å². The molecular formula is C13H18N2O3. The van der Waals surface area contributed by atoms with Gasteiger partial charge >= 0.3 is 6.09 Å². The van der Waals surface area contributed by atoms with Gasteiger partial charge in [0.1, 0.15) is 6.10 Å². The molecule has 0 radical (unpaired) electrons. The standard InChI is InChI=1S/C13H18N2O3/c16-7-6-15(9-11-4-2-1-3-5-11)10-12-8-14-13(17)18-12/h1-5,12,16H,6-10H2,(H,14,17). The summed E-state index contributed by atoms with van der Waals surface area (Å²) >= 11 is 0. The quantitative estimate of drug-likeness (QED) is 0.775. The molecule has 5 heteroatoms. The summed E-state index contributed by atoms with van der Waals surface area (Å²) in [5.74, 6) is 0. The molecule has 1 aliphatic rings. The Hall–Kier alpha value is -1.59. The van der Waals surface area contributed by atoms with E-state index in [1.165, 1.54) is 5.56 Å². The second-order valence-corrected chi connectivity index (χ2v) is 4.35. The average molecular weight is 250 g/mol. The Kier molecular flexibility index (Phi) is 4.55. The van der Waals surface area contributed by atoms with Crippen LogP contribution in [0.1, 0.15) is 5.56 Å². The number of aliphatic hydroxyl groups excluding tert-OH is 1. The molecule has 1 saturated heterocycles. The molecule has 1 amide bonds. The van der Waals surface area contributed by atoms with Crippen molar-refractivity contribution in [2.75, 3.05) is 26.2 Å². The Morgan fingerprint density at radius 3 is 2.78 bits per heavy atom. The van der Waals surface area contributed by atoms with Crippen LogP contribution >= 0.6 is 0 Å². The molecule has 2 N–H and O–H groups in total. The Balaban J connectivity index is 1.89. The number of benzene rings is 1. The lowest BCUT2D eigenvalue weighted by atomic mass is 10.2. The number of aliphatic hydroxyl groups is 1. The van der Waals surface area contributed by atoms with E-state index >= 15 is 0 Å². The third kappa shape index (κ3) is 3.72. The van der Waals surface area contributed by atoms with Gasteiger partial charge in [-0.05, 0) is 5.56 Å². The van der Waals surface area contributed by atoms with Gasteiger partial charge in [-0.1, -0.05) is 30.3 Å². The minimum atomic E-state index is -0.358. The zero-order valence-corrected chi connectivity index (χ0v) is 10.2. The lowest BCUT2D eigenvalue weighted by Gasteiger charge is -2.23. The van der Waals surface area contributed by atoms with Crippen molar-refractivity contribution in [3.63, 3.8) is 0 Å². The molecule has 1 heterocycles. The molecule has 0 saturated carbocycles. The minimum absolute atomic E-state index is 0.0981. The molecule has 0 spiro atoms. The lowest BCUT2D eigenvalue weighted by molar-refractivity contribution is 0.0964. The van der Waals surface area contributed by atoms with Gasteiger partial charge in [0, 0.05) is 19.6 Å². The maximum atomic E-state index is 10.9. The number of ether oxygens (including phenoxy) is 1. The van der Waals surface area contributed by atoms with Crippen molar-refractivity contribution in [3.05, 3.63) is 35.9 Å². The van der Waals surface area contributed by atoms with Gasteiger partial charge in [0.2, 0.25) is 0 Å². The van der Waals surface area contributed by atoms with Crippen LogP contribution in [-0.4, -0.2) is 48.4 Å². The average Bonchev–Trinajstić information content (AvgIpc) is 2.76. The number of carbonyl (C=O) groups excluding carboxylic acids is 1. The summed E-state index contributed by atoms with van der Waals surface area (Å²) in [5, 5.41) is 11.7. The molecular weight excluding hydrogens is 232 g/mol. The number of hydrogen-bond acceptors (Lipinski definition) is 4. The van der Waals surface area contributed by atoms with Gasteiger partial charge in [-0.2, -0.15) is 0 Å². The highest BCUT2D eigenvalue weighted by atomic mass is 16.6. The first-order valence-corrected chi connectivity index (χ1v) is 6.09. The van der Waals surface area contributed by atoms with E-state index in [-0.39, 0.29) is 18.8 Å². The fraction of sp³-hybridized carbons (Fsp3) is 0.462. The van der Waals surface area contributed by atoms with E-state index in [1.54, 1.807) is 0 Å². The summed E-state index contributed by atoms with van der Waals surface area (Å²) < 4.78 is 5.10. The molecule has 1 aromatic rings. The van der Waals surface area contributed by atoms with Crippen LogP contribution in [0.5, 0.6) is 0 Å². The summed E-state index contributed by atoms with van der Waals surface area (Å²) in [6.45, 7) is 2.59. The first-order valence-electron chi connectivity index (χ1n) is 6.09. The Morgan fingerprint density at radius 1 is 1.39 bits per heavy atom. The van der Waals surface area contributed by atoms with E-state index in [1.807, 2.05) is 30.3 Å². The molecule has 0 aliphatic carbocycles. The van der Waals surface area contributed by atoms with Gasteiger partial charge in [-0.25, -0.2) is 4.79 Å². The number of nitrogens with zero attached hydrogens (tertiary/aromatic N) is 1. The van der Waals surface area contributed by atoms with Gasteiger partial charge in [-0.15, -0.1) is 0 Å².